The smallest absolute Gasteiger partial charge is 0.366 e. The quantitative estimate of drug-likeness (QED) is 0.448. The molecule has 4 rings (SSSR count). The molecule has 0 aliphatic heterocycles. The lowest BCUT2D eigenvalue weighted by atomic mass is 10.1. The van der Waals surface area contributed by atoms with Crippen LogP contribution >= 0.6 is 0 Å². The summed E-state index contributed by atoms with van der Waals surface area (Å²) in [7, 11) is 0. The number of aromatic nitrogens is 7. The molecule has 0 unspecified atom stereocenters. The van der Waals surface area contributed by atoms with E-state index in [0.717, 1.165) is 16.9 Å². The highest BCUT2D eigenvalue weighted by Gasteiger charge is 2.31. The number of alkyl halides is 3. The number of benzene rings is 2. The fourth-order valence-electron chi connectivity index (χ4n) is 2.87. The monoisotopic (exact) mass is 457 g/mol. The van der Waals surface area contributed by atoms with E-state index in [2.05, 4.69) is 30.8 Å². The van der Waals surface area contributed by atoms with Gasteiger partial charge in [-0.2, -0.15) is 23.1 Å². The number of carbonyl (C=O) groups excluding carboxylic acids is 2. The van der Waals surface area contributed by atoms with E-state index in [0.29, 0.717) is 11.1 Å². The number of hydrogen-bond donors (Lipinski definition) is 2. The maximum atomic E-state index is 13.2. The molecule has 2 amide bonds. The second-order valence-corrected chi connectivity index (χ2v) is 6.70. The van der Waals surface area contributed by atoms with Crippen LogP contribution in [0.2, 0.25) is 0 Å². The van der Waals surface area contributed by atoms with Gasteiger partial charge in [0.1, 0.15) is 19.2 Å². The van der Waals surface area contributed by atoms with Gasteiger partial charge in [0, 0.05) is 11.1 Å². The van der Waals surface area contributed by atoms with Gasteiger partial charge in [-0.15, -0.1) is 10.2 Å². The Balaban J connectivity index is 1.53. The number of primary amides is 1. The number of amides is 2. The molecule has 168 valence electrons. The van der Waals surface area contributed by atoms with E-state index in [1.807, 2.05) is 0 Å². The zero-order chi connectivity index (χ0) is 23.6. The molecule has 0 radical (unpaired) electrons. The first kappa shape index (κ1) is 21.6. The normalized spacial score (nSPS) is 11.4. The maximum Gasteiger partial charge on any atom is 0.416 e. The fraction of sp³-hybridized carbons (Fsp3) is 0.105. The summed E-state index contributed by atoms with van der Waals surface area (Å²) in [6.07, 6.45) is -2.11. The average molecular weight is 457 g/mol. The standard InChI is InChI=1S/C19H14F3N9O2/c20-19(21,22)13-5-6-15(30-10-24-9-25-30)14(7-13)26-16(32)8-31-28-18(27-29-31)12-3-1-11(2-4-12)17(23)33/h1-7,9-10H,8H2,(H2,23,33)(H,26,32). The summed E-state index contributed by atoms with van der Waals surface area (Å²) in [6.45, 7) is -0.417. The highest BCUT2D eigenvalue weighted by atomic mass is 19.4. The number of rotatable bonds is 6. The van der Waals surface area contributed by atoms with Crippen molar-refractivity contribution < 1.29 is 22.8 Å². The van der Waals surface area contributed by atoms with Crippen LogP contribution in [0.25, 0.3) is 17.1 Å². The van der Waals surface area contributed by atoms with Gasteiger partial charge in [0.15, 0.2) is 0 Å². The number of nitrogens with zero attached hydrogens (tertiary/aromatic N) is 7. The van der Waals surface area contributed by atoms with Crippen molar-refractivity contribution in [3.63, 3.8) is 0 Å². The summed E-state index contributed by atoms with van der Waals surface area (Å²) in [5.41, 5.74) is 5.15. The van der Waals surface area contributed by atoms with Crippen molar-refractivity contribution in [3.8, 4) is 17.1 Å². The van der Waals surface area contributed by atoms with Crippen molar-refractivity contribution in [1.82, 2.24) is 35.0 Å². The summed E-state index contributed by atoms with van der Waals surface area (Å²) in [5.74, 6) is -1.10. The predicted molar refractivity (Wildman–Crippen MR) is 107 cm³/mol. The van der Waals surface area contributed by atoms with Crippen molar-refractivity contribution >= 4 is 17.5 Å². The van der Waals surface area contributed by atoms with Crippen LogP contribution in [0.15, 0.2) is 55.1 Å². The summed E-state index contributed by atoms with van der Waals surface area (Å²) < 4.78 is 40.7. The molecule has 0 aliphatic carbocycles. The van der Waals surface area contributed by atoms with Crippen molar-refractivity contribution in [2.24, 2.45) is 5.73 Å². The summed E-state index contributed by atoms with van der Waals surface area (Å²) >= 11 is 0. The first-order chi connectivity index (χ1) is 15.7. The molecule has 2 aromatic heterocycles. The molecular weight excluding hydrogens is 443 g/mol. The topological polar surface area (TPSA) is 146 Å². The zero-order valence-electron chi connectivity index (χ0n) is 16.6. The predicted octanol–water partition coefficient (Wildman–Crippen LogP) is 1.68. The van der Waals surface area contributed by atoms with E-state index >= 15 is 0 Å². The molecule has 2 aromatic carbocycles. The number of nitrogens with two attached hydrogens (primary N) is 1. The minimum absolute atomic E-state index is 0.122. The third-order valence-electron chi connectivity index (χ3n) is 4.43. The Hall–Kier alpha value is -4.62. The van der Waals surface area contributed by atoms with Crippen LogP contribution in [0.4, 0.5) is 18.9 Å². The van der Waals surface area contributed by atoms with Gasteiger partial charge < -0.3 is 11.1 Å². The SMILES string of the molecule is NC(=O)c1ccc(-c2nnn(CC(=O)Nc3cc(C(F)(F)F)ccc3-n3cncn3)n2)cc1. The van der Waals surface area contributed by atoms with Crippen molar-refractivity contribution in [1.29, 1.82) is 0 Å². The van der Waals surface area contributed by atoms with Crippen LogP contribution in [0.3, 0.4) is 0 Å². The molecule has 0 saturated carbocycles. The van der Waals surface area contributed by atoms with Crippen LogP contribution in [-0.2, 0) is 17.5 Å². The fourth-order valence-corrected chi connectivity index (χ4v) is 2.87. The largest absolute Gasteiger partial charge is 0.416 e. The molecule has 14 heteroatoms. The molecule has 11 nitrogen and oxygen atoms in total. The van der Waals surface area contributed by atoms with E-state index in [1.54, 1.807) is 12.1 Å². The maximum absolute atomic E-state index is 13.2. The first-order valence-corrected chi connectivity index (χ1v) is 9.25. The second kappa shape index (κ2) is 8.49. The van der Waals surface area contributed by atoms with E-state index in [1.165, 1.54) is 35.5 Å². The summed E-state index contributed by atoms with van der Waals surface area (Å²) in [5, 5.41) is 18.0. The number of anilines is 1. The Morgan fingerprint density at radius 1 is 1.09 bits per heavy atom. The molecule has 0 atom stereocenters. The van der Waals surface area contributed by atoms with Crippen LogP contribution in [0, 0.1) is 0 Å². The van der Waals surface area contributed by atoms with E-state index in [-0.39, 0.29) is 17.2 Å². The van der Waals surface area contributed by atoms with Crippen LogP contribution in [0.1, 0.15) is 15.9 Å². The number of tetrazole rings is 1. The zero-order valence-corrected chi connectivity index (χ0v) is 16.6. The minimum atomic E-state index is -4.60. The van der Waals surface area contributed by atoms with Crippen LogP contribution in [-0.4, -0.2) is 46.8 Å². The summed E-state index contributed by atoms with van der Waals surface area (Å²) in [4.78, 5) is 28.4. The van der Waals surface area contributed by atoms with E-state index in [4.69, 9.17) is 5.73 Å². The molecule has 0 saturated heterocycles. The molecule has 0 aliphatic rings. The highest BCUT2D eigenvalue weighted by molar-refractivity contribution is 5.93. The molecule has 0 fully saturated rings. The van der Waals surface area contributed by atoms with Gasteiger partial charge in [0.05, 0.1) is 16.9 Å². The van der Waals surface area contributed by atoms with E-state index in [9.17, 15) is 22.8 Å². The van der Waals surface area contributed by atoms with Gasteiger partial charge in [-0.1, -0.05) is 12.1 Å². The van der Waals surface area contributed by atoms with Gasteiger partial charge >= 0.3 is 6.18 Å². The molecule has 4 aromatic rings. The van der Waals surface area contributed by atoms with Gasteiger partial charge in [0.2, 0.25) is 17.6 Å². The molecule has 33 heavy (non-hydrogen) atoms. The van der Waals surface area contributed by atoms with Crippen molar-refractivity contribution in [2.75, 3.05) is 5.32 Å². The van der Waals surface area contributed by atoms with E-state index < -0.39 is 30.1 Å². The van der Waals surface area contributed by atoms with Gasteiger partial charge in [0.25, 0.3) is 0 Å². The lowest BCUT2D eigenvalue weighted by Crippen LogP contribution is -2.22. The van der Waals surface area contributed by atoms with Crippen LogP contribution < -0.4 is 11.1 Å². The lowest BCUT2D eigenvalue weighted by molar-refractivity contribution is -0.137. The number of carbonyl (C=O) groups is 2. The van der Waals surface area contributed by atoms with Gasteiger partial charge in [-0.3, -0.25) is 9.59 Å². The number of hydrogen-bond acceptors (Lipinski definition) is 7. The summed E-state index contributed by atoms with van der Waals surface area (Å²) in [6, 6.07) is 8.96. The average Bonchev–Trinajstić information content (AvgIpc) is 3.45. The molecule has 2 heterocycles. The van der Waals surface area contributed by atoms with Gasteiger partial charge in [-0.05, 0) is 35.5 Å². The second-order valence-electron chi connectivity index (χ2n) is 6.70. The molecule has 0 spiro atoms. The lowest BCUT2D eigenvalue weighted by Gasteiger charge is -2.14. The first-order valence-electron chi connectivity index (χ1n) is 9.25. The Morgan fingerprint density at radius 3 is 2.48 bits per heavy atom. The third kappa shape index (κ3) is 4.84. The van der Waals surface area contributed by atoms with Crippen molar-refractivity contribution in [2.45, 2.75) is 12.7 Å². The van der Waals surface area contributed by atoms with Crippen LogP contribution in [0.5, 0.6) is 0 Å². The van der Waals surface area contributed by atoms with Crippen molar-refractivity contribution in [3.05, 3.63) is 66.2 Å². The Bertz CT molecular complexity index is 1300. The third-order valence-corrected chi connectivity index (χ3v) is 4.43. The number of halogens is 3. The molecule has 3 N–H and O–H groups in total. The molecule has 0 bridgehead atoms. The number of nitrogens with one attached hydrogen (secondary N) is 1. The van der Waals surface area contributed by atoms with Gasteiger partial charge in [-0.25, -0.2) is 9.67 Å². The Labute approximate surface area is 183 Å². The molecular formula is C19H14F3N9O2. The Kier molecular flexibility index (Phi) is 5.56. The highest BCUT2D eigenvalue weighted by Crippen LogP contribution is 2.33. The minimum Gasteiger partial charge on any atom is -0.366 e. The Morgan fingerprint density at radius 2 is 1.85 bits per heavy atom.